The fourth-order valence-corrected chi connectivity index (χ4v) is 9.03. The zero-order valence-electron chi connectivity index (χ0n) is 39.3. The van der Waals surface area contributed by atoms with Crippen molar-refractivity contribution < 1.29 is 28.7 Å². The van der Waals surface area contributed by atoms with Crippen LogP contribution in [0.4, 0.5) is 0 Å². The summed E-state index contributed by atoms with van der Waals surface area (Å²) in [6.45, 7) is 4.08. The van der Waals surface area contributed by atoms with Crippen LogP contribution in [-0.2, 0) is 59.3 Å². The van der Waals surface area contributed by atoms with Crippen LogP contribution in [0.15, 0.2) is 133 Å². The number of ether oxygens (including phenoxy) is 2. The van der Waals surface area contributed by atoms with E-state index in [-0.39, 0.29) is 31.9 Å². The second-order valence-corrected chi connectivity index (χ2v) is 18.7. The Hall–Kier alpha value is -6.28. The fraction of sp³-hybridized carbons (Fsp3) is 0.240. The molecule has 0 saturated heterocycles. The lowest BCUT2D eigenvalue weighted by Crippen LogP contribution is -2.40. The average molecular weight is 1120 g/mol. The van der Waals surface area contributed by atoms with Crippen LogP contribution in [0, 0.1) is 0 Å². The van der Waals surface area contributed by atoms with Gasteiger partial charge in [-0.25, -0.2) is 9.59 Å². The molecule has 4 heterocycles. The number of carbonyl (C=O) groups excluding carboxylic acids is 2. The molecule has 0 amide bonds. The van der Waals surface area contributed by atoms with Gasteiger partial charge in [0.15, 0.2) is 0 Å². The molecule has 8 rings (SSSR count). The minimum Gasteiger partial charge on any atom is -0.537 e. The van der Waals surface area contributed by atoms with E-state index in [1.807, 2.05) is 51.7 Å². The molecule has 22 heteroatoms. The van der Waals surface area contributed by atoms with Crippen LogP contribution in [-0.4, -0.2) is 65.3 Å². The van der Waals surface area contributed by atoms with Crippen molar-refractivity contribution in [2.24, 2.45) is 14.1 Å². The molecular formula is C50H47BBrCl4N6O10. The summed E-state index contributed by atoms with van der Waals surface area (Å²) in [5.74, 6) is -0.273. The second kappa shape index (κ2) is 25.4. The molecule has 1 N–H and O–H groups in total. The molecule has 4 aromatic carbocycles. The van der Waals surface area contributed by atoms with Crippen molar-refractivity contribution in [3.05, 3.63) is 187 Å². The average Bonchev–Trinajstić information content (AvgIpc) is 3.88. The molecule has 0 bridgehead atoms. The van der Waals surface area contributed by atoms with Crippen LogP contribution in [0.25, 0.3) is 33.2 Å². The van der Waals surface area contributed by atoms with Gasteiger partial charge >= 0.3 is 31.0 Å². The van der Waals surface area contributed by atoms with Crippen LogP contribution < -0.4 is 27.2 Å². The monoisotopic (exact) mass is 1120 g/mol. The van der Waals surface area contributed by atoms with Gasteiger partial charge in [0, 0.05) is 92.2 Å². The SMILES string of the molecule is CC(=O)OCCCn1c(=O)c2c(c(-c3cccc(Cl)c3)cn2Cc2ccc(Cl)cc2)n(C)c1=O.CC(=O)OCCCn1c(=O)c2c(c(Br)cn2Cc2ccc(Cl)cc2)n(C)c1=O.O[B]Oc1cccc(Cl)c1. The number of aryl methyl sites for hydroxylation is 2. The van der Waals surface area contributed by atoms with Crippen molar-refractivity contribution in [1.29, 1.82) is 0 Å². The molecule has 0 atom stereocenters. The normalized spacial score (nSPS) is 10.9. The fourth-order valence-electron chi connectivity index (χ4n) is 7.71. The van der Waals surface area contributed by atoms with Gasteiger partial charge in [-0.3, -0.25) is 37.4 Å². The minimum atomic E-state index is -0.437. The first-order valence-electron chi connectivity index (χ1n) is 22.1. The number of benzene rings is 4. The van der Waals surface area contributed by atoms with Gasteiger partial charge in [0.1, 0.15) is 16.8 Å². The summed E-state index contributed by atoms with van der Waals surface area (Å²) >= 11 is 27.3. The number of esters is 2. The summed E-state index contributed by atoms with van der Waals surface area (Å²) in [6, 6.07) is 28.8. The summed E-state index contributed by atoms with van der Waals surface area (Å²) in [7, 11) is 3.89. The Bertz CT molecular complexity index is 3480. The Morgan fingerprint density at radius 1 is 0.597 bits per heavy atom. The van der Waals surface area contributed by atoms with E-state index in [9.17, 15) is 28.8 Å². The Morgan fingerprint density at radius 2 is 1.06 bits per heavy atom. The third kappa shape index (κ3) is 13.8. The number of nitrogens with zero attached hydrogens (tertiary/aromatic N) is 6. The summed E-state index contributed by atoms with van der Waals surface area (Å²) in [5, 5.41) is 10.6. The van der Waals surface area contributed by atoms with E-state index in [0.717, 1.165) is 22.3 Å². The Balaban J connectivity index is 0.000000200. The molecule has 0 spiro atoms. The zero-order valence-corrected chi connectivity index (χ0v) is 43.9. The number of halogens is 5. The van der Waals surface area contributed by atoms with E-state index < -0.39 is 28.9 Å². The number of fused-ring (bicyclic) bond motifs is 2. The molecule has 375 valence electrons. The molecule has 72 heavy (non-hydrogen) atoms. The number of aromatic nitrogens is 6. The molecule has 0 aliphatic rings. The first-order chi connectivity index (χ1) is 34.4. The predicted octanol–water partition coefficient (Wildman–Crippen LogP) is 8.64. The Labute approximate surface area is 441 Å². The molecule has 0 aliphatic carbocycles. The maximum Gasteiger partial charge on any atom is 0.569 e. The van der Waals surface area contributed by atoms with Gasteiger partial charge in [-0.05, 0) is 100 Å². The quantitative estimate of drug-likeness (QED) is 0.0593. The molecular weight excluding hydrogens is 1080 g/mol. The maximum atomic E-state index is 13.6. The molecule has 0 fully saturated rings. The van der Waals surface area contributed by atoms with Crippen LogP contribution >= 0.6 is 62.3 Å². The topological polar surface area (TPSA) is 180 Å². The largest absolute Gasteiger partial charge is 0.569 e. The van der Waals surface area contributed by atoms with E-state index in [2.05, 4.69) is 20.6 Å². The van der Waals surface area contributed by atoms with Crippen molar-refractivity contribution in [3.63, 3.8) is 0 Å². The number of hydrogen-bond donors (Lipinski definition) is 1. The van der Waals surface area contributed by atoms with Gasteiger partial charge in [-0.2, -0.15) is 0 Å². The van der Waals surface area contributed by atoms with Gasteiger partial charge in [-0.1, -0.05) is 88.9 Å². The summed E-state index contributed by atoms with van der Waals surface area (Å²) < 4.78 is 24.1. The minimum absolute atomic E-state index is 0.127. The van der Waals surface area contributed by atoms with Crippen molar-refractivity contribution in [2.75, 3.05) is 13.2 Å². The van der Waals surface area contributed by atoms with Gasteiger partial charge in [0.05, 0.1) is 28.7 Å². The lowest BCUT2D eigenvalue weighted by atomic mass is 10.1. The van der Waals surface area contributed by atoms with Crippen LogP contribution in [0.3, 0.4) is 0 Å². The van der Waals surface area contributed by atoms with Gasteiger partial charge < -0.3 is 28.3 Å². The van der Waals surface area contributed by atoms with E-state index >= 15 is 0 Å². The summed E-state index contributed by atoms with van der Waals surface area (Å²) in [5.41, 5.74) is 3.74. The highest BCUT2D eigenvalue weighted by atomic mass is 79.9. The third-order valence-electron chi connectivity index (χ3n) is 11.0. The molecule has 0 saturated carbocycles. The summed E-state index contributed by atoms with van der Waals surface area (Å²) in [6.07, 6.45) is 4.39. The third-order valence-corrected chi connectivity index (χ3v) is 12.5. The van der Waals surface area contributed by atoms with E-state index in [1.54, 1.807) is 81.0 Å². The van der Waals surface area contributed by atoms with Gasteiger partial charge in [0.2, 0.25) is 0 Å². The first kappa shape index (κ1) is 55.0. The van der Waals surface area contributed by atoms with Crippen LogP contribution in [0.2, 0.25) is 20.1 Å². The standard InChI is InChI=1S/C25H23Cl2N3O4.C19H19BrClN3O4.C6H5BClO2/c1-16(31)34-12-4-11-30-24(32)23-22(28(2)25(30)33)21(18-5-3-6-20(27)13-18)15-29(23)14-17-7-9-19(26)10-8-17;1-12(25)28-9-3-8-24-18(26)17-16(22(2)19(24)27)15(20)11-23(17)10-13-4-6-14(21)7-5-13;8-5-2-1-3-6(4-5)10-7-9/h3,5-10,13,15H,4,11-12,14H2,1-2H3;4-7,11H,3,8-10H2,1-2H3;1-4,9H. The molecule has 16 nitrogen and oxygen atoms in total. The zero-order chi connectivity index (χ0) is 52.2. The van der Waals surface area contributed by atoms with E-state index in [0.29, 0.717) is 86.0 Å². The predicted molar refractivity (Wildman–Crippen MR) is 285 cm³/mol. The van der Waals surface area contributed by atoms with Crippen LogP contribution in [0.5, 0.6) is 5.75 Å². The smallest absolute Gasteiger partial charge is 0.537 e. The van der Waals surface area contributed by atoms with E-state index in [1.165, 1.54) is 32.1 Å². The number of carbonyl (C=O) groups is 2. The van der Waals surface area contributed by atoms with Crippen molar-refractivity contribution in [2.45, 2.75) is 52.9 Å². The molecule has 8 aromatic rings. The number of rotatable bonds is 15. The highest BCUT2D eigenvalue weighted by Gasteiger charge is 2.22. The summed E-state index contributed by atoms with van der Waals surface area (Å²) in [4.78, 5) is 74.4. The van der Waals surface area contributed by atoms with Crippen LogP contribution in [0.1, 0.15) is 37.8 Å². The van der Waals surface area contributed by atoms with Crippen molar-refractivity contribution >= 4 is 104 Å². The molecule has 0 aliphatic heterocycles. The van der Waals surface area contributed by atoms with Gasteiger partial charge in [-0.15, -0.1) is 0 Å². The molecule has 4 aromatic heterocycles. The lowest BCUT2D eigenvalue weighted by molar-refractivity contribution is -0.142. The van der Waals surface area contributed by atoms with Crippen molar-refractivity contribution in [3.8, 4) is 16.9 Å². The molecule has 0 unspecified atom stereocenters. The lowest BCUT2D eigenvalue weighted by Gasteiger charge is -2.12. The van der Waals surface area contributed by atoms with E-state index in [4.69, 9.17) is 60.9 Å². The highest BCUT2D eigenvalue weighted by molar-refractivity contribution is 9.10. The Kier molecular flexibility index (Phi) is 19.4. The van der Waals surface area contributed by atoms with Gasteiger partial charge in [0.25, 0.3) is 11.1 Å². The first-order valence-corrected chi connectivity index (χ1v) is 24.4. The molecule has 1 radical (unpaired) electrons. The highest BCUT2D eigenvalue weighted by Crippen LogP contribution is 2.31. The number of hydrogen-bond acceptors (Lipinski definition) is 10. The second-order valence-electron chi connectivity index (χ2n) is 16.1. The maximum absolute atomic E-state index is 13.6. The Morgan fingerprint density at radius 3 is 1.53 bits per heavy atom. The van der Waals surface area contributed by atoms with Crippen molar-refractivity contribution in [1.82, 2.24) is 27.4 Å².